The lowest BCUT2D eigenvalue weighted by atomic mass is 10.4. The van der Waals surface area contributed by atoms with Crippen LogP contribution in [0.3, 0.4) is 0 Å². The molecule has 0 aromatic rings. The Balaban J connectivity index is 3.14. The lowest BCUT2D eigenvalue weighted by molar-refractivity contribution is -0.122. The Hall–Kier alpha value is -1.06. The van der Waals surface area contributed by atoms with Crippen LogP contribution in [0.25, 0.3) is 0 Å². The SMILES string of the molecule is CCC(=O)[N]CCNC(C)=O. The van der Waals surface area contributed by atoms with Crippen molar-refractivity contribution in [2.75, 3.05) is 13.1 Å². The highest BCUT2D eigenvalue weighted by Crippen LogP contribution is 1.75. The van der Waals surface area contributed by atoms with Crippen LogP contribution in [0, 0.1) is 0 Å². The summed E-state index contributed by atoms with van der Waals surface area (Å²) in [6.07, 6.45) is 0.431. The van der Waals surface area contributed by atoms with E-state index in [1.807, 2.05) is 0 Å². The largest absolute Gasteiger partial charge is 0.354 e. The van der Waals surface area contributed by atoms with Crippen LogP contribution in [0.4, 0.5) is 0 Å². The van der Waals surface area contributed by atoms with Gasteiger partial charge < -0.3 is 5.32 Å². The average molecular weight is 157 g/mol. The van der Waals surface area contributed by atoms with Crippen molar-refractivity contribution in [3.05, 3.63) is 0 Å². The molecule has 11 heavy (non-hydrogen) atoms. The first kappa shape index (κ1) is 9.94. The van der Waals surface area contributed by atoms with E-state index < -0.39 is 0 Å². The predicted molar refractivity (Wildman–Crippen MR) is 41.0 cm³/mol. The first-order chi connectivity index (χ1) is 5.16. The van der Waals surface area contributed by atoms with E-state index in [1.165, 1.54) is 6.92 Å². The molecule has 63 valence electrons. The summed E-state index contributed by atoms with van der Waals surface area (Å²) in [6.45, 7) is 4.01. The number of nitrogens with zero attached hydrogens (tertiary/aromatic N) is 1. The molecule has 0 bridgehead atoms. The van der Waals surface area contributed by atoms with Crippen LogP contribution in [0.15, 0.2) is 0 Å². The molecule has 0 atom stereocenters. The van der Waals surface area contributed by atoms with Crippen LogP contribution in [0.1, 0.15) is 20.3 Å². The summed E-state index contributed by atoms with van der Waals surface area (Å²) in [6, 6.07) is 0. The van der Waals surface area contributed by atoms with E-state index in [0.29, 0.717) is 19.5 Å². The van der Waals surface area contributed by atoms with Crippen molar-refractivity contribution < 1.29 is 9.59 Å². The fraction of sp³-hybridized carbons (Fsp3) is 0.714. The van der Waals surface area contributed by atoms with E-state index in [4.69, 9.17) is 0 Å². The molecule has 0 spiro atoms. The molecule has 1 radical (unpaired) electrons. The zero-order chi connectivity index (χ0) is 8.69. The van der Waals surface area contributed by atoms with Crippen molar-refractivity contribution in [3.8, 4) is 0 Å². The Morgan fingerprint density at radius 1 is 1.45 bits per heavy atom. The van der Waals surface area contributed by atoms with Crippen molar-refractivity contribution in [2.45, 2.75) is 20.3 Å². The summed E-state index contributed by atoms with van der Waals surface area (Å²) < 4.78 is 0. The lowest BCUT2D eigenvalue weighted by Crippen LogP contribution is -2.29. The van der Waals surface area contributed by atoms with Gasteiger partial charge in [-0.3, -0.25) is 9.59 Å². The number of hydrogen-bond acceptors (Lipinski definition) is 2. The van der Waals surface area contributed by atoms with Gasteiger partial charge in [-0.15, -0.1) is 0 Å². The summed E-state index contributed by atoms with van der Waals surface area (Å²) in [5.41, 5.74) is 0. The summed E-state index contributed by atoms with van der Waals surface area (Å²) in [4.78, 5) is 20.9. The Morgan fingerprint density at radius 3 is 2.55 bits per heavy atom. The Bertz CT molecular complexity index is 145. The number of amides is 2. The second-order valence-corrected chi connectivity index (χ2v) is 2.11. The van der Waals surface area contributed by atoms with E-state index >= 15 is 0 Å². The minimum absolute atomic E-state index is 0.0934. The Morgan fingerprint density at radius 2 is 2.09 bits per heavy atom. The topological polar surface area (TPSA) is 60.3 Å². The quantitative estimate of drug-likeness (QED) is 0.568. The van der Waals surface area contributed by atoms with E-state index in [9.17, 15) is 9.59 Å². The molecule has 0 aliphatic rings. The van der Waals surface area contributed by atoms with Crippen LogP contribution in [-0.2, 0) is 9.59 Å². The van der Waals surface area contributed by atoms with E-state index in [2.05, 4.69) is 10.6 Å². The molecule has 0 saturated carbocycles. The van der Waals surface area contributed by atoms with Gasteiger partial charge in [-0.05, 0) is 0 Å². The van der Waals surface area contributed by atoms with Crippen molar-refractivity contribution in [2.24, 2.45) is 0 Å². The molecule has 0 aliphatic heterocycles. The van der Waals surface area contributed by atoms with Gasteiger partial charge in [-0.2, -0.15) is 0 Å². The molecular formula is C7H13N2O2. The third-order valence-electron chi connectivity index (χ3n) is 1.08. The fourth-order valence-corrected chi connectivity index (χ4v) is 0.524. The molecule has 4 nitrogen and oxygen atoms in total. The van der Waals surface area contributed by atoms with Crippen LogP contribution < -0.4 is 10.6 Å². The maximum absolute atomic E-state index is 10.6. The van der Waals surface area contributed by atoms with Crippen LogP contribution >= 0.6 is 0 Å². The molecule has 0 aromatic carbocycles. The normalized spacial score (nSPS) is 8.91. The third kappa shape index (κ3) is 6.83. The maximum Gasteiger partial charge on any atom is 0.240 e. The molecule has 0 aliphatic carbocycles. The zero-order valence-electron chi connectivity index (χ0n) is 6.89. The predicted octanol–water partition coefficient (Wildman–Crippen LogP) is -0.337. The molecule has 0 fully saturated rings. The highest BCUT2D eigenvalue weighted by Gasteiger charge is 1.97. The average Bonchev–Trinajstić information content (AvgIpc) is 1.97. The van der Waals surface area contributed by atoms with Gasteiger partial charge >= 0.3 is 0 Å². The van der Waals surface area contributed by atoms with Crippen molar-refractivity contribution in [1.29, 1.82) is 0 Å². The highest BCUT2D eigenvalue weighted by molar-refractivity contribution is 5.75. The minimum atomic E-state index is -0.115. The van der Waals surface area contributed by atoms with E-state index in [0.717, 1.165) is 0 Å². The number of carbonyl (C=O) groups is 2. The Kier molecular flexibility index (Phi) is 5.15. The molecule has 0 saturated heterocycles. The van der Waals surface area contributed by atoms with E-state index in [1.54, 1.807) is 6.92 Å². The molecule has 0 heterocycles. The smallest absolute Gasteiger partial charge is 0.240 e. The lowest BCUT2D eigenvalue weighted by Gasteiger charge is -2.00. The molecule has 1 N–H and O–H groups in total. The molecule has 0 rings (SSSR count). The molecule has 0 unspecified atom stereocenters. The van der Waals surface area contributed by atoms with Gasteiger partial charge in [-0.1, -0.05) is 6.92 Å². The van der Waals surface area contributed by atoms with Crippen LogP contribution in [-0.4, -0.2) is 24.9 Å². The van der Waals surface area contributed by atoms with Gasteiger partial charge in [0.1, 0.15) is 0 Å². The molecular weight excluding hydrogens is 144 g/mol. The second-order valence-electron chi connectivity index (χ2n) is 2.11. The first-order valence-electron chi connectivity index (χ1n) is 3.61. The molecule has 0 aromatic heterocycles. The molecule has 2 amide bonds. The zero-order valence-corrected chi connectivity index (χ0v) is 6.89. The maximum atomic E-state index is 10.6. The van der Waals surface area contributed by atoms with Gasteiger partial charge in [0.05, 0.1) is 6.54 Å². The monoisotopic (exact) mass is 157 g/mol. The summed E-state index contributed by atoms with van der Waals surface area (Å²) in [5, 5.41) is 6.20. The van der Waals surface area contributed by atoms with E-state index in [-0.39, 0.29) is 11.8 Å². The summed E-state index contributed by atoms with van der Waals surface area (Å²) in [5.74, 6) is -0.209. The summed E-state index contributed by atoms with van der Waals surface area (Å²) >= 11 is 0. The third-order valence-corrected chi connectivity index (χ3v) is 1.08. The number of nitrogens with one attached hydrogen (secondary N) is 1. The number of carbonyl (C=O) groups excluding carboxylic acids is 2. The van der Waals surface area contributed by atoms with Gasteiger partial charge in [0.2, 0.25) is 11.8 Å². The van der Waals surface area contributed by atoms with Crippen molar-refractivity contribution in [3.63, 3.8) is 0 Å². The molecule has 4 heteroatoms. The van der Waals surface area contributed by atoms with Gasteiger partial charge in [0.25, 0.3) is 0 Å². The van der Waals surface area contributed by atoms with Gasteiger partial charge in [0, 0.05) is 19.9 Å². The summed E-state index contributed by atoms with van der Waals surface area (Å²) in [7, 11) is 0. The van der Waals surface area contributed by atoms with Gasteiger partial charge in [-0.25, -0.2) is 5.32 Å². The van der Waals surface area contributed by atoms with Crippen molar-refractivity contribution >= 4 is 11.8 Å². The fourth-order valence-electron chi connectivity index (χ4n) is 0.524. The Labute approximate surface area is 66.4 Å². The van der Waals surface area contributed by atoms with Crippen LogP contribution in [0.5, 0.6) is 0 Å². The van der Waals surface area contributed by atoms with Gasteiger partial charge in [0.15, 0.2) is 0 Å². The number of hydrogen-bond donors (Lipinski definition) is 1. The van der Waals surface area contributed by atoms with Crippen LogP contribution in [0.2, 0.25) is 0 Å². The minimum Gasteiger partial charge on any atom is -0.354 e. The van der Waals surface area contributed by atoms with Crippen molar-refractivity contribution in [1.82, 2.24) is 10.6 Å². The second kappa shape index (κ2) is 5.70. The highest BCUT2D eigenvalue weighted by atomic mass is 16.2. The standard InChI is InChI=1S/C7H13N2O2/c1-3-7(11)9-5-4-8-6(2)10/h3-5H2,1-2H3,(H,8,10). The number of rotatable bonds is 4. The first-order valence-corrected chi connectivity index (χ1v) is 3.61.